The summed E-state index contributed by atoms with van der Waals surface area (Å²) in [6.07, 6.45) is 0. The summed E-state index contributed by atoms with van der Waals surface area (Å²) in [5.74, 6) is 0. The quantitative estimate of drug-likeness (QED) is 0.160. The van der Waals surface area contributed by atoms with Crippen LogP contribution in [0, 0.1) is 0 Å². The van der Waals surface area contributed by atoms with E-state index < -0.39 is 5.41 Å². The Morgan fingerprint density at radius 3 is 1.43 bits per heavy atom. The molecule has 1 nitrogen and oxygen atoms in total. The highest BCUT2D eigenvalue weighted by atomic mass is 16.3. The largest absolute Gasteiger partial charge is 0.455 e. The second-order valence-corrected chi connectivity index (χ2v) is 19.8. The van der Waals surface area contributed by atoms with Crippen LogP contribution in [0.4, 0.5) is 0 Å². The Hall–Kier alpha value is -9.30. The fourth-order valence-corrected chi connectivity index (χ4v) is 13.1. The van der Waals surface area contributed by atoms with Crippen LogP contribution in [0.2, 0.25) is 0 Å². The van der Waals surface area contributed by atoms with Gasteiger partial charge in [0.05, 0.1) is 5.41 Å². The predicted octanol–water partition coefficient (Wildman–Crippen LogP) is 19.2. The molecule has 0 saturated carbocycles. The number of para-hydroxylation sites is 1. The van der Waals surface area contributed by atoms with Gasteiger partial charge in [0, 0.05) is 16.3 Å². The molecule has 0 amide bonds. The van der Waals surface area contributed by atoms with Crippen LogP contribution in [0.15, 0.2) is 259 Å². The van der Waals surface area contributed by atoms with E-state index in [9.17, 15) is 0 Å². The summed E-state index contributed by atoms with van der Waals surface area (Å²) in [4.78, 5) is 0. The Labute approximate surface area is 416 Å². The number of fused-ring (bicyclic) bond motifs is 21. The smallest absolute Gasteiger partial charge is 0.144 e. The minimum absolute atomic E-state index is 0.657. The van der Waals surface area contributed by atoms with Crippen molar-refractivity contribution in [3.05, 3.63) is 277 Å². The highest BCUT2D eigenvalue weighted by Gasteiger charge is 2.54. The average Bonchev–Trinajstić information content (AvgIpc) is 4.10. The first-order valence-electron chi connectivity index (χ1n) is 25.1. The normalized spacial score (nSPS) is 13.1. The Balaban J connectivity index is 1.00. The summed E-state index contributed by atoms with van der Waals surface area (Å²) in [5.41, 5.74) is 20.9. The van der Waals surface area contributed by atoms with E-state index in [-0.39, 0.29) is 0 Å². The molecule has 13 aromatic carbocycles. The molecule has 1 aromatic heterocycles. The van der Waals surface area contributed by atoms with Crippen LogP contribution in [0.1, 0.15) is 22.3 Å². The van der Waals surface area contributed by atoms with Crippen molar-refractivity contribution >= 4 is 65.0 Å². The molecule has 0 atom stereocenters. The third-order valence-electron chi connectivity index (χ3n) is 16.2. The van der Waals surface area contributed by atoms with E-state index in [1.54, 1.807) is 0 Å². The van der Waals surface area contributed by atoms with Gasteiger partial charge >= 0.3 is 0 Å². The van der Waals surface area contributed by atoms with Crippen molar-refractivity contribution in [2.75, 3.05) is 0 Å². The molecule has 2 aliphatic rings. The van der Waals surface area contributed by atoms with Crippen molar-refractivity contribution in [1.82, 2.24) is 0 Å². The van der Waals surface area contributed by atoms with Gasteiger partial charge in [-0.1, -0.05) is 212 Å². The van der Waals surface area contributed by atoms with Gasteiger partial charge < -0.3 is 4.42 Å². The molecular formula is C71H42O. The first kappa shape index (κ1) is 39.5. The standard InChI is InChI=1S/C71H42O/c1-3-17-45-37-50(33-31-43(45)15-1)47-19-13-20-48(39-47)52-35-36-58-61(41-52)54-23-5-6-26-57(54)67-68-64(71(69(58)67)62-28-10-7-24-55(62)56-25-8-11-29-63(56)71)42-60(66-59-27-9-12-30-65(59)72-70(66)68)53-22-14-21-49(40-53)51-34-32-44-16-2-4-18-46(44)38-51/h1-42H. The fourth-order valence-electron chi connectivity index (χ4n) is 13.1. The minimum atomic E-state index is -0.657. The first-order chi connectivity index (χ1) is 35.7. The predicted molar refractivity (Wildman–Crippen MR) is 302 cm³/mol. The molecule has 0 bridgehead atoms. The Bertz CT molecular complexity index is 4590. The van der Waals surface area contributed by atoms with Crippen LogP contribution in [0.5, 0.6) is 0 Å². The summed E-state index contributed by atoms with van der Waals surface area (Å²) in [6.45, 7) is 0. The number of furan rings is 1. The summed E-state index contributed by atoms with van der Waals surface area (Å²) in [7, 11) is 0. The SMILES string of the molecule is c1cc(-c2ccc3ccccc3c2)cc(-c2ccc3c4c(c5ccccc5c3c2)-c2c(cc(-c3cccc(-c5ccc6ccccc6c5)c3)c3c2oc2ccccc23)C42c3ccccc3-c3ccccc32)c1. The molecular weight excluding hydrogens is 869 g/mol. The van der Waals surface area contributed by atoms with Gasteiger partial charge in [-0.05, 0) is 169 Å². The van der Waals surface area contributed by atoms with Gasteiger partial charge in [-0.2, -0.15) is 0 Å². The van der Waals surface area contributed by atoms with Gasteiger partial charge in [-0.3, -0.25) is 0 Å². The molecule has 72 heavy (non-hydrogen) atoms. The van der Waals surface area contributed by atoms with Gasteiger partial charge in [0.2, 0.25) is 0 Å². The summed E-state index contributed by atoms with van der Waals surface area (Å²) >= 11 is 0. The van der Waals surface area contributed by atoms with E-state index in [2.05, 4.69) is 255 Å². The lowest BCUT2D eigenvalue weighted by Crippen LogP contribution is -2.26. The molecule has 0 radical (unpaired) electrons. The number of hydrogen-bond acceptors (Lipinski definition) is 1. The topological polar surface area (TPSA) is 13.1 Å². The molecule has 14 aromatic rings. The lowest BCUT2D eigenvalue weighted by atomic mass is 9.68. The Morgan fingerprint density at radius 1 is 0.264 bits per heavy atom. The van der Waals surface area contributed by atoms with Gasteiger partial charge in [0.15, 0.2) is 0 Å². The molecule has 1 heteroatoms. The zero-order chi connectivity index (χ0) is 47.1. The second kappa shape index (κ2) is 14.9. The first-order valence-corrected chi connectivity index (χ1v) is 25.1. The summed E-state index contributed by atoms with van der Waals surface area (Å²) in [6, 6.07) is 94.9. The third-order valence-corrected chi connectivity index (χ3v) is 16.2. The van der Waals surface area contributed by atoms with Gasteiger partial charge in [0.25, 0.3) is 0 Å². The van der Waals surface area contributed by atoms with Crippen LogP contribution < -0.4 is 0 Å². The van der Waals surface area contributed by atoms with Crippen LogP contribution >= 0.6 is 0 Å². The monoisotopic (exact) mass is 910 g/mol. The van der Waals surface area contributed by atoms with Crippen molar-refractivity contribution in [1.29, 1.82) is 0 Å². The third kappa shape index (κ3) is 5.42. The Kier molecular flexibility index (Phi) is 8.16. The molecule has 0 saturated heterocycles. The molecule has 1 heterocycles. The highest BCUT2D eigenvalue weighted by Crippen LogP contribution is 2.67. The van der Waals surface area contributed by atoms with E-state index in [1.807, 2.05) is 0 Å². The maximum atomic E-state index is 7.37. The molecule has 0 N–H and O–H groups in total. The number of rotatable bonds is 4. The summed E-state index contributed by atoms with van der Waals surface area (Å²) < 4.78 is 7.37. The van der Waals surface area contributed by atoms with E-state index in [1.165, 1.54) is 127 Å². The van der Waals surface area contributed by atoms with Gasteiger partial charge in [-0.15, -0.1) is 0 Å². The van der Waals surface area contributed by atoms with E-state index in [4.69, 9.17) is 4.42 Å². The van der Waals surface area contributed by atoms with Crippen molar-refractivity contribution < 1.29 is 4.42 Å². The van der Waals surface area contributed by atoms with Gasteiger partial charge in [0.1, 0.15) is 11.2 Å². The van der Waals surface area contributed by atoms with E-state index in [0.717, 1.165) is 27.5 Å². The lowest BCUT2D eigenvalue weighted by Gasteiger charge is -2.32. The van der Waals surface area contributed by atoms with Crippen LogP contribution in [0.25, 0.3) is 132 Å². The maximum Gasteiger partial charge on any atom is 0.144 e. The van der Waals surface area contributed by atoms with Crippen LogP contribution in [-0.2, 0) is 5.41 Å². The number of benzene rings is 13. The van der Waals surface area contributed by atoms with Crippen LogP contribution in [-0.4, -0.2) is 0 Å². The summed E-state index contributed by atoms with van der Waals surface area (Å²) in [5, 5.41) is 12.2. The van der Waals surface area contributed by atoms with Crippen molar-refractivity contribution in [2.24, 2.45) is 0 Å². The number of hydrogen-bond donors (Lipinski definition) is 0. The highest BCUT2D eigenvalue weighted by molar-refractivity contribution is 6.26. The van der Waals surface area contributed by atoms with Crippen molar-refractivity contribution in [3.63, 3.8) is 0 Å². The Morgan fingerprint density at radius 2 is 0.764 bits per heavy atom. The zero-order valence-corrected chi connectivity index (χ0v) is 39.2. The lowest BCUT2D eigenvalue weighted by molar-refractivity contribution is 0.669. The van der Waals surface area contributed by atoms with Crippen molar-refractivity contribution in [2.45, 2.75) is 5.41 Å². The molecule has 1 spiro atoms. The average molecular weight is 911 g/mol. The molecule has 0 aliphatic heterocycles. The van der Waals surface area contributed by atoms with Crippen LogP contribution in [0.3, 0.4) is 0 Å². The van der Waals surface area contributed by atoms with Crippen molar-refractivity contribution in [3.8, 4) is 66.8 Å². The molecule has 2 aliphatic carbocycles. The zero-order valence-electron chi connectivity index (χ0n) is 39.2. The molecule has 0 fully saturated rings. The van der Waals surface area contributed by atoms with E-state index in [0.29, 0.717) is 0 Å². The minimum Gasteiger partial charge on any atom is -0.455 e. The van der Waals surface area contributed by atoms with Gasteiger partial charge in [-0.25, -0.2) is 0 Å². The van der Waals surface area contributed by atoms with E-state index >= 15 is 0 Å². The molecule has 16 rings (SSSR count). The molecule has 332 valence electrons. The maximum absolute atomic E-state index is 7.37. The second-order valence-electron chi connectivity index (χ2n) is 19.8. The molecule has 0 unspecified atom stereocenters. The fraction of sp³-hybridized carbons (Fsp3) is 0.0141.